The molecule has 0 spiro atoms. The van der Waals surface area contributed by atoms with Crippen LogP contribution in [0.1, 0.15) is 18.9 Å². The molecule has 2 rings (SSSR count). The van der Waals surface area contributed by atoms with Crippen molar-refractivity contribution in [2.24, 2.45) is 5.92 Å². The number of aliphatic carboxylic acids is 1. The minimum Gasteiger partial charge on any atom is -0.480 e. The van der Waals surface area contributed by atoms with Gasteiger partial charge in [-0.15, -0.1) is 11.3 Å². The number of benzene rings is 1. The first-order chi connectivity index (χ1) is 10.4. The molecular weight excluding hydrogens is 343 g/mol. The SMILES string of the molecule is CC(C)C(NCc1nc(-c2cc(Cl)ccc2Cl)cs1)C(=O)O. The first-order valence-electron chi connectivity index (χ1n) is 6.74. The van der Waals surface area contributed by atoms with Gasteiger partial charge in [-0.3, -0.25) is 10.1 Å². The largest absolute Gasteiger partial charge is 0.480 e. The highest BCUT2D eigenvalue weighted by Crippen LogP contribution is 2.31. The third-order valence-electron chi connectivity index (χ3n) is 3.16. The van der Waals surface area contributed by atoms with E-state index in [0.717, 1.165) is 16.3 Å². The van der Waals surface area contributed by atoms with Gasteiger partial charge in [0.2, 0.25) is 0 Å². The number of nitrogens with zero attached hydrogens (tertiary/aromatic N) is 1. The molecule has 0 amide bonds. The average molecular weight is 359 g/mol. The van der Waals surface area contributed by atoms with Crippen LogP contribution in [0.3, 0.4) is 0 Å². The lowest BCUT2D eigenvalue weighted by Gasteiger charge is -2.16. The highest BCUT2D eigenvalue weighted by Gasteiger charge is 2.21. The molecule has 1 unspecified atom stereocenters. The molecule has 0 bridgehead atoms. The van der Waals surface area contributed by atoms with E-state index in [1.54, 1.807) is 18.2 Å². The fourth-order valence-electron chi connectivity index (χ4n) is 2.02. The second-order valence-electron chi connectivity index (χ2n) is 5.19. The topological polar surface area (TPSA) is 62.2 Å². The molecule has 0 aliphatic carbocycles. The summed E-state index contributed by atoms with van der Waals surface area (Å²) in [6.07, 6.45) is 0. The predicted octanol–water partition coefficient (Wildman–Crippen LogP) is 4.32. The Morgan fingerprint density at radius 3 is 2.77 bits per heavy atom. The van der Waals surface area contributed by atoms with Crippen molar-refractivity contribution < 1.29 is 9.90 Å². The molecule has 118 valence electrons. The Kier molecular flexibility index (Phi) is 5.81. The molecule has 22 heavy (non-hydrogen) atoms. The number of nitrogens with one attached hydrogen (secondary N) is 1. The lowest BCUT2D eigenvalue weighted by molar-refractivity contribution is -0.140. The highest BCUT2D eigenvalue weighted by atomic mass is 35.5. The molecule has 0 radical (unpaired) electrons. The van der Waals surface area contributed by atoms with E-state index >= 15 is 0 Å². The summed E-state index contributed by atoms with van der Waals surface area (Å²) >= 11 is 13.6. The zero-order valence-electron chi connectivity index (χ0n) is 12.1. The molecule has 0 saturated heterocycles. The molecule has 1 aromatic carbocycles. The number of rotatable bonds is 6. The minimum atomic E-state index is -0.857. The molecular formula is C15H16Cl2N2O2S. The van der Waals surface area contributed by atoms with Crippen LogP contribution in [0.4, 0.5) is 0 Å². The van der Waals surface area contributed by atoms with Gasteiger partial charge in [0.15, 0.2) is 0 Å². The Bertz CT molecular complexity index is 673. The van der Waals surface area contributed by atoms with Crippen LogP contribution in [0.5, 0.6) is 0 Å². The van der Waals surface area contributed by atoms with Crippen molar-refractivity contribution in [2.75, 3.05) is 0 Å². The normalized spacial score (nSPS) is 12.6. The Morgan fingerprint density at radius 1 is 1.41 bits per heavy atom. The maximum Gasteiger partial charge on any atom is 0.320 e. The summed E-state index contributed by atoms with van der Waals surface area (Å²) in [6.45, 7) is 4.13. The third-order valence-corrected chi connectivity index (χ3v) is 4.58. The van der Waals surface area contributed by atoms with Crippen molar-refractivity contribution >= 4 is 40.5 Å². The average Bonchev–Trinajstić information content (AvgIpc) is 2.89. The maximum atomic E-state index is 11.2. The van der Waals surface area contributed by atoms with E-state index in [9.17, 15) is 4.79 Å². The van der Waals surface area contributed by atoms with Crippen LogP contribution in [0.15, 0.2) is 23.6 Å². The highest BCUT2D eigenvalue weighted by molar-refractivity contribution is 7.09. The molecule has 0 saturated carbocycles. The van der Waals surface area contributed by atoms with Crippen molar-refractivity contribution in [1.29, 1.82) is 0 Å². The van der Waals surface area contributed by atoms with Crippen molar-refractivity contribution in [3.63, 3.8) is 0 Å². The first-order valence-corrected chi connectivity index (χ1v) is 8.38. The molecule has 4 nitrogen and oxygen atoms in total. The summed E-state index contributed by atoms with van der Waals surface area (Å²) in [7, 11) is 0. The lowest BCUT2D eigenvalue weighted by Crippen LogP contribution is -2.40. The van der Waals surface area contributed by atoms with Gasteiger partial charge in [0.1, 0.15) is 11.0 Å². The molecule has 0 aliphatic rings. The zero-order valence-corrected chi connectivity index (χ0v) is 14.5. The molecule has 1 heterocycles. The monoisotopic (exact) mass is 358 g/mol. The fourth-order valence-corrected chi connectivity index (χ4v) is 3.15. The summed E-state index contributed by atoms with van der Waals surface area (Å²) in [6, 6.07) is 4.63. The lowest BCUT2D eigenvalue weighted by atomic mass is 10.1. The van der Waals surface area contributed by atoms with Gasteiger partial charge in [0, 0.05) is 22.5 Å². The molecule has 7 heteroatoms. The number of hydrogen-bond acceptors (Lipinski definition) is 4. The molecule has 2 aromatic rings. The van der Waals surface area contributed by atoms with Gasteiger partial charge in [-0.1, -0.05) is 37.0 Å². The van der Waals surface area contributed by atoms with E-state index in [1.165, 1.54) is 11.3 Å². The second kappa shape index (κ2) is 7.42. The second-order valence-corrected chi connectivity index (χ2v) is 6.98. The molecule has 0 fully saturated rings. The van der Waals surface area contributed by atoms with E-state index in [2.05, 4.69) is 10.3 Å². The van der Waals surface area contributed by atoms with Crippen LogP contribution in [0.25, 0.3) is 11.3 Å². The Balaban J connectivity index is 2.12. The number of carboxylic acids is 1. The number of carbonyl (C=O) groups is 1. The van der Waals surface area contributed by atoms with Gasteiger partial charge < -0.3 is 5.11 Å². The van der Waals surface area contributed by atoms with Gasteiger partial charge in [-0.25, -0.2) is 4.98 Å². The van der Waals surface area contributed by atoms with Crippen LogP contribution >= 0.6 is 34.5 Å². The number of carboxylic acid groups (broad SMARTS) is 1. The van der Waals surface area contributed by atoms with Crippen LogP contribution in [-0.2, 0) is 11.3 Å². The first kappa shape index (κ1) is 17.2. The number of hydrogen-bond donors (Lipinski definition) is 2. The zero-order chi connectivity index (χ0) is 16.3. The van der Waals surface area contributed by atoms with Gasteiger partial charge in [0.25, 0.3) is 0 Å². The van der Waals surface area contributed by atoms with Crippen molar-refractivity contribution in [3.05, 3.63) is 38.6 Å². The Morgan fingerprint density at radius 2 is 2.14 bits per heavy atom. The van der Waals surface area contributed by atoms with E-state index in [0.29, 0.717) is 16.6 Å². The van der Waals surface area contributed by atoms with E-state index in [4.69, 9.17) is 28.3 Å². The molecule has 0 aliphatic heterocycles. The Hall–Kier alpha value is -1.14. The maximum absolute atomic E-state index is 11.2. The van der Waals surface area contributed by atoms with Gasteiger partial charge in [-0.2, -0.15) is 0 Å². The van der Waals surface area contributed by atoms with Crippen molar-refractivity contribution in [1.82, 2.24) is 10.3 Å². The Labute approximate surface area is 143 Å². The molecule has 1 aromatic heterocycles. The number of aromatic nitrogens is 1. The van der Waals surface area contributed by atoms with Crippen LogP contribution in [0, 0.1) is 5.92 Å². The summed E-state index contributed by atoms with van der Waals surface area (Å²) in [5.74, 6) is -0.857. The smallest absolute Gasteiger partial charge is 0.320 e. The standard InChI is InChI=1S/C15H16Cl2N2O2S/c1-8(2)14(15(20)21)18-6-13-19-12(7-22-13)10-5-9(16)3-4-11(10)17/h3-5,7-8,14,18H,6H2,1-2H3,(H,20,21). The van der Waals surface area contributed by atoms with Crippen LogP contribution < -0.4 is 5.32 Å². The molecule has 2 N–H and O–H groups in total. The van der Waals surface area contributed by atoms with E-state index < -0.39 is 12.0 Å². The van der Waals surface area contributed by atoms with E-state index in [1.807, 2.05) is 19.2 Å². The van der Waals surface area contributed by atoms with Gasteiger partial charge in [0.05, 0.1) is 10.7 Å². The predicted molar refractivity (Wildman–Crippen MR) is 90.7 cm³/mol. The number of halogens is 2. The minimum absolute atomic E-state index is 0.000642. The van der Waals surface area contributed by atoms with Gasteiger partial charge in [-0.05, 0) is 24.1 Å². The molecule has 1 atom stereocenters. The van der Waals surface area contributed by atoms with E-state index in [-0.39, 0.29) is 5.92 Å². The van der Waals surface area contributed by atoms with Crippen molar-refractivity contribution in [2.45, 2.75) is 26.4 Å². The third kappa shape index (κ3) is 4.20. The summed E-state index contributed by atoms with van der Waals surface area (Å²) in [5.41, 5.74) is 1.51. The number of thiazole rings is 1. The van der Waals surface area contributed by atoms with Crippen LogP contribution in [0.2, 0.25) is 10.0 Å². The quantitative estimate of drug-likeness (QED) is 0.807. The van der Waals surface area contributed by atoms with Gasteiger partial charge >= 0.3 is 5.97 Å². The summed E-state index contributed by atoms with van der Waals surface area (Å²) in [5, 5.41) is 16.0. The van der Waals surface area contributed by atoms with Crippen molar-refractivity contribution in [3.8, 4) is 11.3 Å². The van der Waals surface area contributed by atoms with Crippen LogP contribution in [-0.4, -0.2) is 22.1 Å². The summed E-state index contributed by atoms with van der Waals surface area (Å²) in [4.78, 5) is 15.7. The summed E-state index contributed by atoms with van der Waals surface area (Å²) < 4.78 is 0. The fraction of sp³-hybridized carbons (Fsp3) is 0.333.